The first-order valence-corrected chi connectivity index (χ1v) is 10.0. The molecule has 0 spiro atoms. The van der Waals surface area contributed by atoms with Crippen LogP contribution in [0, 0.1) is 0 Å². The Labute approximate surface area is 154 Å². The molecule has 136 valence electrons. The summed E-state index contributed by atoms with van der Waals surface area (Å²) in [5, 5.41) is 1.24. The molecular weight excluding hydrogens is 348 g/mol. The van der Waals surface area contributed by atoms with Crippen molar-refractivity contribution in [2.45, 2.75) is 37.7 Å². The van der Waals surface area contributed by atoms with Crippen LogP contribution >= 0.6 is 0 Å². The van der Waals surface area contributed by atoms with Crippen molar-refractivity contribution in [1.82, 2.24) is 0 Å². The van der Waals surface area contributed by atoms with Gasteiger partial charge in [0.25, 0.3) is 10.1 Å². The second-order valence-electron chi connectivity index (χ2n) is 6.41. The molecule has 3 rings (SSSR count). The van der Waals surface area contributed by atoms with Crippen LogP contribution in [0.4, 0.5) is 0 Å². The highest BCUT2D eigenvalue weighted by Gasteiger charge is 2.15. The summed E-state index contributed by atoms with van der Waals surface area (Å²) in [7, 11) is -4.27. The van der Waals surface area contributed by atoms with Gasteiger partial charge in [0.05, 0.1) is 0 Å². The lowest BCUT2D eigenvalue weighted by Gasteiger charge is -2.12. The van der Waals surface area contributed by atoms with Crippen molar-refractivity contribution < 1.29 is 17.7 Å². The van der Waals surface area contributed by atoms with Gasteiger partial charge in [-0.1, -0.05) is 56.3 Å². The monoisotopic (exact) mass is 370 g/mol. The van der Waals surface area contributed by atoms with E-state index in [9.17, 15) is 13.0 Å². The molecule has 0 saturated heterocycles. The minimum Gasteiger partial charge on any atom is -0.489 e. The molecule has 0 aliphatic carbocycles. The summed E-state index contributed by atoms with van der Waals surface area (Å²) >= 11 is 0. The third-order valence-electron chi connectivity index (χ3n) is 4.71. The normalized spacial score (nSPS) is 12.9. The van der Waals surface area contributed by atoms with Gasteiger partial charge in [-0.25, -0.2) is 0 Å². The fourth-order valence-corrected chi connectivity index (χ4v) is 3.69. The van der Waals surface area contributed by atoms with Crippen LogP contribution < -0.4 is 4.74 Å². The van der Waals surface area contributed by atoms with Gasteiger partial charge in [0, 0.05) is 5.39 Å². The van der Waals surface area contributed by atoms with Gasteiger partial charge in [-0.05, 0) is 47.1 Å². The predicted octanol–water partition coefficient (Wildman–Crippen LogP) is 5.18. The molecule has 0 fully saturated rings. The lowest BCUT2D eigenvalue weighted by molar-refractivity contribution is 0.307. The van der Waals surface area contributed by atoms with Gasteiger partial charge in [-0.3, -0.25) is 4.55 Å². The number of fused-ring (bicyclic) bond motifs is 1. The molecule has 1 atom stereocenters. The summed E-state index contributed by atoms with van der Waals surface area (Å²) in [6.45, 7) is 4.67. The van der Waals surface area contributed by atoms with E-state index < -0.39 is 10.1 Å². The molecule has 0 aliphatic heterocycles. The van der Waals surface area contributed by atoms with E-state index in [-0.39, 0.29) is 4.90 Å². The summed E-state index contributed by atoms with van der Waals surface area (Å²) < 4.78 is 38.4. The maximum Gasteiger partial charge on any atom is 0.295 e. The zero-order valence-corrected chi connectivity index (χ0v) is 15.7. The molecule has 3 aromatic carbocycles. The molecule has 1 unspecified atom stereocenters. The summed E-state index contributed by atoms with van der Waals surface area (Å²) in [4.78, 5) is -0.0882. The molecule has 4 nitrogen and oxygen atoms in total. The predicted molar refractivity (Wildman–Crippen MR) is 103 cm³/mol. The highest BCUT2D eigenvalue weighted by molar-refractivity contribution is 7.86. The fraction of sp³-hybridized carbons (Fsp3) is 0.238. The van der Waals surface area contributed by atoms with Crippen LogP contribution in [0.3, 0.4) is 0 Å². The molecule has 0 heterocycles. The Bertz CT molecular complexity index is 1010. The van der Waals surface area contributed by atoms with Gasteiger partial charge in [0.15, 0.2) is 0 Å². The molecule has 26 heavy (non-hydrogen) atoms. The zero-order valence-electron chi connectivity index (χ0n) is 14.8. The SMILES string of the molecule is CCC(C)c1ccc(OCc2cccc3c(S(=O)(=O)O)cccc23)cc1. The summed E-state index contributed by atoms with van der Waals surface area (Å²) in [5.41, 5.74) is 2.14. The highest BCUT2D eigenvalue weighted by atomic mass is 32.2. The Hall–Kier alpha value is -2.37. The molecule has 0 aliphatic rings. The summed E-state index contributed by atoms with van der Waals surface area (Å²) in [6, 6.07) is 18.2. The second kappa shape index (κ2) is 7.48. The minimum atomic E-state index is -4.27. The molecule has 1 N–H and O–H groups in total. The van der Waals surface area contributed by atoms with E-state index in [4.69, 9.17) is 4.74 Å². The topological polar surface area (TPSA) is 63.6 Å². The maximum absolute atomic E-state index is 11.6. The van der Waals surface area contributed by atoms with Crippen LogP contribution in [0.5, 0.6) is 5.75 Å². The van der Waals surface area contributed by atoms with E-state index >= 15 is 0 Å². The average Bonchev–Trinajstić information content (AvgIpc) is 2.64. The van der Waals surface area contributed by atoms with Crippen molar-refractivity contribution in [1.29, 1.82) is 0 Å². The van der Waals surface area contributed by atoms with Crippen LogP contribution in [0.15, 0.2) is 65.6 Å². The van der Waals surface area contributed by atoms with E-state index in [0.717, 1.165) is 23.1 Å². The van der Waals surface area contributed by atoms with Crippen LogP contribution in [-0.2, 0) is 16.7 Å². The molecule has 5 heteroatoms. The first kappa shape index (κ1) is 18.4. The van der Waals surface area contributed by atoms with Crippen molar-refractivity contribution in [3.05, 3.63) is 71.8 Å². The van der Waals surface area contributed by atoms with Gasteiger partial charge in [-0.2, -0.15) is 8.42 Å². The maximum atomic E-state index is 11.6. The number of hydrogen-bond acceptors (Lipinski definition) is 3. The Kier molecular flexibility index (Phi) is 5.30. The van der Waals surface area contributed by atoms with Crippen molar-refractivity contribution in [3.63, 3.8) is 0 Å². The molecule has 3 aromatic rings. The number of benzene rings is 3. The van der Waals surface area contributed by atoms with Crippen molar-refractivity contribution in [3.8, 4) is 5.75 Å². The highest BCUT2D eigenvalue weighted by Crippen LogP contribution is 2.27. The average molecular weight is 370 g/mol. The standard InChI is InChI=1S/C21H22O4S/c1-3-15(2)16-10-12-18(13-11-16)25-14-17-6-4-8-20-19(17)7-5-9-21(20)26(22,23)24/h4-13,15H,3,14H2,1-2H3,(H,22,23,24). The molecule has 0 saturated carbocycles. The van der Waals surface area contributed by atoms with E-state index in [1.807, 2.05) is 24.3 Å². The first-order chi connectivity index (χ1) is 12.4. The lowest BCUT2D eigenvalue weighted by atomic mass is 9.99. The number of ether oxygens (including phenoxy) is 1. The van der Waals surface area contributed by atoms with Crippen LogP contribution in [-0.4, -0.2) is 13.0 Å². The molecule has 0 bridgehead atoms. The Morgan fingerprint density at radius 1 is 0.962 bits per heavy atom. The van der Waals surface area contributed by atoms with Crippen molar-refractivity contribution >= 4 is 20.9 Å². The van der Waals surface area contributed by atoms with Crippen LogP contribution in [0.1, 0.15) is 37.3 Å². The number of rotatable bonds is 6. The Balaban J connectivity index is 1.86. The van der Waals surface area contributed by atoms with Crippen molar-refractivity contribution in [2.75, 3.05) is 0 Å². The van der Waals surface area contributed by atoms with Crippen LogP contribution in [0.2, 0.25) is 0 Å². The minimum absolute atomic E-state index is 0.0882. The van der Waals surface area contributed by atoms with E-state index in [0.29, 0.717) is 17.9 Å². The Morgan fingerprint density at radius 2 is 1.62 bits per heavy atom. The van der Waals surface area contributed by atoms with Gasteiger partial charge in [-0.15, -0.1) is 0 Å². The van der Waals surface area contributed by atoms with Gasteiger partial charge in [0.1, 0.15) is 17.3 Å². The first-order valence-electron chi connectivity index (χ1n) is 8.61. The molecular formula is C21H22O4S. The Morgan fingerprint density at radius 3 is 2.27 bits per heavy atom. The van der Waals surface area contributed by atoms with Gasteiger partial charge >= 0.3 is 0 Å². The van der Waals surface area contributed by atoms with Gasteiger partial charge < -0.3 is 4.74 Å². The summed E-state index contributed by atoms with van der Waals surface area (Å²) in [6.07, 6.45) is 1.09. The zero-order chi connectivity index (χ0) is 18.7. The van der Waals surface area contributed by atoms with Crippen molar-refractivity contribution in [2.24, 2.45) is 0 Å². The number of hydrogen-bond donors (Lipinski definition) is 1. The molecule has 0 radical (unpaired) electrons. The van der Waals surface area contributed by atoms with E-state index in [1.54, 1.807) is 18.2 Å². The van der Waals surface area contributed by atoms with Crippen LogP contribution in [0.25, 0.3) is 10.8 Å². The largest absolute Gasteiger partial charge is 0.489 e. The molecule has 0 aromatic heterocycles. The van der Waals surface area contributed by atoms with E-state index in [1.165, 1.54) is 11.6 Å². The third-order valence-corrected chi connectivity index (χ3v) is 5.62. The third kappa shape index (κ3) is 3.89. The quantitative estimate of drug-likeness (QED) is 0.607. The summed E-state index contributed by atoms with van der Waals surface area (Å²) in [5.74, 6) is 1.28. The van der Waals surface area contributed by atoms with E-state index in [2.05, 4.69) is 26.0 Å². The fourth-order valence-electron chi connectivity index (χ4n) is 2.99. The van der Waals surface area contributed by atoms with Gasteiger partial charge in [0.2, 0.25) is 0 Å². The lowest BCUT2D eigenvalue weighted by Crippen LogP contribution is -2.01. The smallest absolute Gasteiger partial charge is 0.295 e. The molecule has 0 amide bonds. The second-order valence-corrected chi connectivity index (χ2v) is 7.80.